The van der Waals surface area contributed by atoms with Crippen LogP contribution < -0.4 is 0 Å². The second kappa shape index (κ2) is 3.81. The van der Waals surface area contributed by atoms with Crippen LogP contribution in [0, 0.1) is 0 Å². The van der Waals surface area contributed by atoms with E-state index in [4.69, 9.17) is 0 Å². The van der Waals surface area contributed by atoms with E-state index in [1.807, 2.05) is 6.92 Å². The molecule has 66 valence electrons. The smallest absolute Gasteiger partial charge is 0.123 e. The first-order valence-electron chi connectivity index (χ1n) is 3.81. The van der Waals surface area contributed by atoms with Gasteiger partial charge < -0.3 is 10.2 Å². The Labute approximate surface area is 80.0 Å². The predicted molar refractivity (Wildman–Crippen MR) is 51.7 cm³/mol. The fourth-order valence-corrected chi connectivity index (χ4v) is 1.54. The highest BCUT2D eigenvalue weighted by atomic mass is 79.9. The molecule has 0 saturated carbocycles. The molecule has 0 aliphatic heterocycles. The molecule has 0 radical (unpaired) electrons. The summed E-state index contributed by atoms with van der Waals surface area (Å²) in [6.45, 7) is 1.98. The molecule has 3 heteroatoms. The monoisotopic (exact) mass is 230 g/mol. The Morgan fingerprint density at radius 3 is 2.25 bits per heavy atom. The van der Waals surface area contributed by atoms with Gasteiger partial charge in [0.05, 0.1) is 0 Å². The first kappa shape index (κ1) is 9.39. The Balaban J connectivity index is 3.12. The third-order valence-electron chi connectivity index (χ3n) is 1.73. The van der Waals surface area contributed by atoms with Gasteiger partial charge in [0, 0.05) is 10.4 Å². The highest BCUT2D eigenvalue weighted by molar-refractivity contribution is 9.09. The van der Waals surface area contributed by atoms with E-state index in [1.54, 1.807) is 18.2 Å². The first-order chi connectivity index (χ1) is 5.66. The van der Waals surface area contributed by atoms with Gasteiger partial charge in [-0.2, -0.15) is 0 Å². The minimum Gasteiger partial charge on any atom is -0.507 e. The highest BCUT2D eigenvalue weighted by Gasteiger charge is 2.13. The van der Waals surface area contributed by atoms with Gasteiger partial charge in [-0.25, -0.2) is 0 Å². The van der Waals surface area contributed by atoms with Crippen LogP contribution >= 0.6 is 15.9 Å². The molecule has 0 spiro atoms. The second-order valence-electron chi connectivity index (χ2n) is 2.59. The number of hydrogen-bond donors (Lipinski definition) is 2. The zero-order valence-electron chi connectivity index (χ0n) is 6.79. The summed E-state index contributed by atoms with van der Waals surface area (Å²) in [4.78, 5) is 0.0127. The van der Waals surface area contributed by atoms with Crippen molar-refractivity contribution in [1.29, 1.82) is 0 Å². The van der Waals surface area contributed by atoms with Crippen molar-refractivity contribution >= 4 is 15.9 Å². The van der Waals surface area contributed by atoms with Crippen molar-refractivity contribution in [2.45, 2.75) is 18.2 Å². The summed E-state index contributed by atoms with van der Waals surface area (Å²) in [5.41, 5.74) is 0.569. The van der Waals surface area contributed by atoms with Crippen LogP contribution in [-0.2, 0) is 0 Å². The Kier molecular flexibility index (Phi) is 2.98. The summed E-state index contributed by atoms with van der Waals surface area (Å²) >= 11 is 3.37. The van der Waals surface area contributed by atoms with Crippen molar-refractivity contribution < 1.29 is 10.2 Å². The molecule has 1 atom stereocenters. The summed E-state index contributed by atoms with van der Waals surface area (Å²) in [7, 11) is 0. The minimum atomic E-state index is 0.0127. The van der Waals surface area contributed by atoms with Crippen LogP contribution in [0.4, 0.5) is 0 Å². The fraction of sp³-hybridized carbons (Fsp3) is 0.333. The maximum atomic E-state index is 9.40. The number of aromatic hydroxyl groups is 2. The lowest BCUT2D eigenvalue weighted by molar-refractivity contribution is 0.437. The van der Waals surface area contributed by atoms with Crippen molar-refractivity contribution in [3.05, 3.63) is 23.8 Å². The largest absolute Gasteiger partial charge is 0.507 e. The fourth-order valence-electron chi connectivity index (χ4n) is 1.07. The number of phenols is 2. The van der Waals surface area contributed by atoms with Crippen LogP contribution in [0.25, 0.3) is 0 Å². The lowest BCUT2D eigenvalue weighted by Gasteiger charge is -2.10. The van der Waals surface area contributed by atoms with E-state index >= 15 is 0 Å². The maximum absolute atomic E-state index is 9.40. The average molecular weight is 231 g/mol. The van der Waals surface area contributed by atoms with Crippen LogP contribution in [0.3, 0.4) is 0 Å². The Hall–Kier alpha value is -0.700. The van der Waals surface area contributed by atoms with Crippen molar-refractivity contribution in [3.63, 3.8) is 0 Å². The summed E-state index contributed by atoms with van der Waals surface area (Å²) < 4.78 is 0. The number of halogens is 1. The van der Waals surface area contributed by atoms with E-state index in [9.17, 15) is 10.2 Å². The van der Waals surface area contributed by atoms with E-state index in [0.717, 1.165) is 6.42 Å². The van der Waals surface area contributed by atoms with E-state index in [0.29, 0.717) is 5.56 Å². The van der Waals surface area contributed by atoms with Gasteiger partial charge in [0.1, 0.15) is 11.5 Å². The molecule has 1 aromatic rings. The van der Waals surface area contributed by atoms with Crippen LogP contribution in [-0.4, -0.2) is 10.2 Å². The SMILES string of the molecule is CCC(Br)c1c(O)cccc1O. The molecule has 0 fully saturated rings. The predicted octanol–water partition coefficient (Wildman–Crippen LogP) is 2.94. The van der Waals surface area contributed by atoms with Gasteiger partial charge in [-0.05, 0) is 18.6 Å². The second-order valence-corrected chi connectivity index (χ2v) is 3.69. The van der Waals surface area contributed by atoms with Gasteiger partial charge in [-0.3, -0.25) is 0 Å². The number of phenolic OH excluding ortho intramolecular Hbond substituents is 2. The number of rotatable bonds is 2. The van der Waals surface area contributed by atoms with Gasteiger partial charge in [-0.1, -0.05) is 28.9 Å². The third kappa shape index (κ3) is 1.72. The van der Waals surface area contributed by atoms with E-state index in [-0.39, 0.29) is 16.3 Å². The van der Waals surface area contributed by atoms with Gasteiger partial charge in [0.2, 0.25) is 0 Å². The van der Waals surface area contributed by atoms with Gasteiger partial charge in [-0.15, -0.1) is 0 Å². The molecule has 0 aliphatic carbocycles. The van der Waals surface area contributed by atoms with Gasteiger partial charge in [0.15, 0.2) is 0 Å². The molecule has 0 heterocycles. The Morgan fingerprint density at radius 2 is 1.83 bits per heavy atom. The molecule has 0 aromatic heterocycles. The van der Waals surface area contributed by atoms with Crippen LogP contribution in [0.5, 0.6) is 11.5 Å². The molecular weight excluding hydrogens is 220 g/mol. The molecular formula is C9H11BrO2. The summed E-state index contributed by atoms with van der Waals surface area (Å²) in [5.74, 6) is 0.275. The number of hydrogen-bond acceptors (Lipinski definition) is 2. The molecule has 1 rings (SSSR count). The average Bonchev–Trinajstić information content (AvgIpc) is 2.03. The Morgan fingerprint density at radius 1 is 1.33 bits per heavy atom. The lowest BCUT2D eigenvalue weighted by atomic mass is 10.1. The molecule has 1 unspecified atom stereocenters. The topological polar surface area (TPSA) is 40.5 Å². The zero-order valence-corrected chi connectivity index (χ0v) is 8.37. The summed E-state index contributed by atoms with van der Waals surface area (Å²) in [6, 6.07) is 4.75. The molecule has 0 aliphatic rings. The van der Waals surface area contributed by atoms with E-state index in [2.05, 4.69) is 15.9 Å². The summed E-state index contributed by atoms with van der Waals surface area (Å²) in [6.07, 6.45) is 0.825. The lowest BCUT2D eigenvalue weighted by Crippen LogP contribution is -1.88. The van der Waals surface area contributed by atoms with Crippen molar-refractivity contribution in [2.75, 3.05) is 0 Å². The molecule has 2 N–H and O–H groups in total. The third-order valence-corrected chi connectivity index (χ3v) is 2.84. The van der Waals surface area contributed by atoms with Gasteiger partial charge >= 0.3 is 0 Å². The minimum absolute atomic E-state index is 0.0127. The molecule has 0 amide bonds. The summed E-state index contributed by atoms with van der Waals surface area (Å²) in [5, 5.41) is 18.8. The molecule has 1 aromatic carbocycles. The van der Waals surface area contributed by atoms with E-state index < -0.39 is 0 Å². The van der Waals surface area contributed by atoms with Crippen LogP contribution in [0.2, 0.25) is 0 Å². The van der Waals surface area contributed by atoms with Crippen molar-refractivity contribution in [2.24, 2.45) is 0 Å². The number of benzene rings is 1. The van der Waals surface area contributed by atoms with Crippen LogP contribution in [0.15, 0.2) is 18.2 Å². The zero-order chi connectivity index (χ0) is 9.14. The number of alkyl halides is 1. The highest BCUT2D eigenvalue weighted by Crippen LogP contribution is 2.38. The van der Waals surface area contributed by atoms with Crippen molar-refractivity contribution in [1.82, 2.24) is 0 Å². The first-order valence-corrected chi connectivity index (χ1v) is 4.73. The standard InChI is InChI=1S/C9H11BrO2/c1-2-6(10)9-7(11)4-3-5-8(9)12/h3-6,11-12H,2H2,1H3. The molecule has 0 saturated heterocycles. The van der Waals surface area contributed by atoms with Crippen molar-refractivity contribution in [3.8, 4) is 11.5 Å². The maximum Gasteiger partial charge on any atom is 0.123 e. The Bertz CT molecular complexity index is 253. The molecule has 12 heavy (non-hydrogen) atoms. The van der Waals surface area contributed by atoms with Gasteiger partial charge in [0.25, 0.3) is 0 Å². The molecule has 0 bridgehead atoms. The van der Waals surface area contributed by atoms with E-state index in [1.165, 1.54) is 0 Å². The van der Waals surface area contributed by atoms with Crippen LogP contribution in [0.1, 0.15) is 23.7 Å². The molecule has 2 nitrogen and oxygen atoms in total. The quantitative estimate of drug-likeness (QED) is 0.768. The normalized spacial score (nSPS) is 12.8.